The van der Waals surface area contributed by atoms with Crippen molar-refractivity contribution in [1.82, 2.24) is 0 Å². The quantitative estimate of drug-likeness (QED) is 0.360. The zero-order valence-corrected chi connectivity index (χ0v) is 11.8. The standard InChI is InChI=1S/C17H19NO2/c1-14(2)18(19)12-15-8-10-17(11-9-15)20-13-16-6-4-3-5-7-16/h3-12,14H,13H2,1-2H3. The minimum atomic E-state index is -0.0518. The average molecular weight is 269 g/mol. The van der Waals surface area contributed by atoms with Crippen molar-refractivity contribution in [3.63, 3.8) is 0 Å². The van der Waals surface area contributed by atoms with Gasteiger partial charge in [0.1, 0.15) is 12.4 Å². The van der Waals surface area contributed by atoms with Crippen molar-refractivity contribution < 1.29 is 9.48 Å². The molecule has 0 atom stereocenters. The summed E-state index contributed by atoms with van der Waals surface area (Å²) in [7, 11) is 0. The predicted molar refractivity (Wildman–Crippen MR) is 81.1 cm³/mol. The number of hydroxylamine groups is 1. The molecule has 0 radical (unpaired) electrons. The fourth-order valence-corrected chi connectivity index (χ4v) is 1.69. The Morgan fingerprint density at radius 3 is 2.30 bits per heavy atom. The number of ether oxygens (including phenoxy) is 1. The third-order valence-electron chi connectivity index (χ3n) is 2.91. The van der Waals surface area contributed by atoms with Crippen LogP contribution in [0.5, 0.6) is 5.75 Å². The third-order valence-corrected chi connectivity index (χ3v) is 2.91. The predicted octanol–water partition coefficient (Wildman–Crippen LogP) is 3.60. The fourth-order valence-electron chi connectivity index (χ4n) is 1.69. The van der Waals surface area contributed by atoms with Crippen molar-refractivity contribution in [1.29, 1.82) is 0 Å². The normalized spacial score (nSPS) is 11.7. The number of hydrogen-bond donors (Lipinski definition) is 0. The van der Waals surface area contributed by atoms with Gasteiger partial charge in [0.2, 0.25) is 0 Å². The summed E-state index contributed by atoms with van der Waals surface area (Å²) in [5.41, 5.74) is 2.01. The molecule has 2 aromatic rings. The van der Waals surface area contributed by atoms with E-state index < -0.39 is 0 Å². The topological polar surface area (TPSA) is 35.3 Å². The van der Waals surface area contributed by atoms with Gasteiger partial charge in [-0.1, -0.05) is 30.3 Å². The molecule has 2 rings (SSSR count). The molecule has 0 aromatic heterocycles. The molecule has 0 saturated carbocycles. The van der Waals surface area contributed by atoms with E-state index in [0.29, 0.717) is 6.61 Å². The van der Waals surface area contributed by atoms with Crippen LogP contribution >= 0.6 is 0 Å². The van der Waals surface area contributed by atoms with Gasteiger partial charge in [-0.15, -0.1) is 0 Å². The first-order chi connectivity index (χ1) is 9.65. The van der Waals surface area contributed by atoms with Crippen LogP contribution in [0.2, 0.25) is 0 Å². The van der Waals surface area contributed by atoms with Crippen LogP contribution in [0.25, 0.3) is 0 Å². The van der Waals surface area contributed by atoms with Gasteiger partial charge < -0.3 is 9.94 Å². The Balaban J connectivity index is 1.97. The van der Waals surface area contributed by atoms with E-state index in [0.717, 1.165) is 21.6 Å². The van der Waals surface area contributed by atoms with Crippen molar-refractivity contribution >= 4 is 6.21 Å². The summed E-state index contributed by atoms with van der Waals surface area (Å²) in [5, 5.41) is 11.5. The Hall–Kier alpha value is -2.29. The zero-order chi connectivity index (χ0) is 14.4. The highest BCUT2D eigenvalue weighted by Gasteiger charge is 2.01. The lowest BCUT2D eigenvalue weighted by atomic mass is 10.2. The summed E-state index contributed by atoms with van der Waals surface area (Å²) in [6.45, 7) is 4.27. The van der Waals surface area contributed by atoms with Crippen molar-refractivity contribution in [3.05, 3.63) is 70.9 Å². The van der Waals surface area contributed by atoms with Crippen molar-refractivity contribution in [2.75, 3.05) is 0 Å². The molecule has 0 amide bonds. The molecular weight excluding hydrogens is 250 g/mol. The first kappa shape index (κ1) is 14.1. The van der Waals surface area contributed by atoms with Gasteiger partial charge >= 0.3 is 0 Å². The van der Waals surface area contributed by atoms with E-state index >= 15 is 0 Å². The number of benzene rings is 2. The Morgan fingerprint density at radius 1 is 1.05 bits per heavy atom. The first-order valence-electron chi connectivity index (χ1n) is 6.72. The number of rotatable bonds is 5. The fraction of sp³-hybridized carbons (Fsp3) is 0.235. The van der Waals surface area contributed by atoms with E-state index in [2.05, 4.69) is 0 Å². The van der Waals surface area contributed by atoms with E-state index in [1.165, 1.54) is 0 Å². The molecule has 0 aliphatic carbocycles. The Labute approximate surface area is 119 Å². The second-order valence-electron chi connectivity index (χ2n) is 4.93. The molecule has 0 aliphatic rings. The first-order valence-corrected chi connectivity index (χ1v) is 6.72. The molecule has 3 heteroatoms. The second-order valence-corrected chi connectivity index (χ2v) is 4.93. The Morgan fingerprint density at radius 2 is 1.70 bits per heavy atom. The van der Waals surface area contributed by atoms with Crippen LogP contribution in [0, 0.1) is 5.21 Å². The molecule has 0 heterocycles. The van der Waals surface area contributed by atoms with Crippen LogP contribution in [-0.2, 0) is 6.61 Å². The largest absolute Gasteiger partial charge is 0.624 e. The molecule has 3 nitrogen and oxygen atoms in total. The van der Waals surface area contributed by atoms with Gasteiger partial charge in [0.25, 0.3) is 0 Å². The van der Waals surface area contributed by atoms with Crippen LogP contribution in [0.15, 0.2) is 54.6 Å². The lowest BCUT2D eigenvalue weighted by molar-refractivity contribution is -0.487. The van der Waals surface area contributed by atoms with E-state index in [4.69, 9.17) is 4.74 Å². The third kappa shape index (κ3) is 4.12. The highest BCUT2D eigenvalue weighted by molar-refractivity contribution is 5.75. The van der Waals surface area contributed by atoms with Crippen molar-refractivity contribution in [2.45, 2.75) is 26.5 Å². The van der Waals surface area contributed by atoms with Crippen LogP contribution in [0.1, 0.15) is 25.0 Å². The van der Waals surface area contributed by atoms with Gasteiger partial charge in [0.05, 0.1) is 0 Å². The van der Waals surface area contributed by atoms with E-state index in [9.17, 15) is 5.21 Å². The summed E-state index contributed by atoms with van der Waals surface area (Å²) in [4.78, 5) is 0. The number of hydrogen-bond acceptors (Lipinski definition) is 2. The second kappa shape index (κ2) is 6.75. The molecule has 0 aliphatic heterocycles. The van der Waals surface area contributed by atoms with Gasteiger partial charge in [-0.05, 0) is 43.7 Å². The maximum atomic E-state index is 11.5. The minimum Gasteiger partial charge on any atom is -0.624 e. The average Bonchev–Trinajstić information content (AvgIpc) is 2.47. The molecule has 0 unspecified atom stereocenters. The number of nitrogens with zero attached hydrogens (tertiary/aromatic N) is 1. The Bertz CT molecular complexity index is 559. The summed E-state index contributed by atoms with van der Waals surface area (Å²) in [5.74, 6) is 0.799. The molecule has 20 heavy (non-hydrogen) atoms. The van der Waals surface area contributed by atoms with Crippen LogP contribution in [0.4, 0.5) is 0 Å². The van der Waals surface area contributed by atoms with Gasteiger partial charge in [0.15, 0.2) is 12.3 Å². The molecule has 0 fully saturated rings. The van der Waals surface area contributed by atoms with E-state index in [1.54, 1.807) is 6.21 Å². The van der Waals surface area contributed by atoms with E-state index in [-0.39, 0.29) is 6.04 Å². The SMILES string of the molecule is CC(C)[N+]([O-])=Cc1ccc(OCc2ccccc2)cc1. The highest BCUT2D eigenvalue weighted by atomic mass is 16.5. The lowest BCUT2D eigenvalue weighted by Gasteiger charge is -2.08. The summed E-state index contributed by atoms with van der Waals surface area (Å²) >= 11 is 0. The maximum Gasteiger partial charge on any atom is 0.182 e. The summed E-state index contributed by atoms with van der Waals surface area (Å²) < 4.78 is 6.64. The van der Waals surface area contributed by atoms with Gasteiger partial charge in [-0.2, -0.15) is 0 Å². The molecule has 0 spiro atoms. The monoisotopic (exact) mass is 269 g/mol. The molecule has 2 aromatic carbocycles. The maximum absolute atomic E-state index is 11.5. The Kier molecular flexibility index (Phi) is 4.77. The van der Waals surface area contributed by atoms with Crippen LogP contribution in [-0.4, -0.2) is 17.0 Å². The summed E-state index contributed by atoms with van der Waals surface area (Å²) in [6, 6.07) is 17.5. The minimum absolute atomic E-state index is 0.0518. The van der Waals surface area contributed by atoms with Gasteiger partial charge in [-0.25, -0.2) is 4.74 Å². The van der Waals surface area contributed by atoms with Crippen LogP contribution in [0.3, 0.4) is 0 Å². The zero-order valence-electron chi connectivity index (χ0n) is 11.8. The molecule has 0 saturated heterocycles. The van der Waals surface area contributed by atoms with Crippen molar-refractivity contribution in [2.24, 2.45) is 0 Å². The molecule has 104 valence electrons. The highest BCUT2D eigenvalue weighted by Crippen LogP contribution is 2.13. The van der Waals surface area contributed by atoms with E-state index in [1.807, 2.05) is 68.4 Å². The van der Waals surface area contributed by atoms with Gasteiger partial charge in [-0.3, -0.25) is 0 Å². The van der Waals surface area contributed by atoms with Gasteiger partial charge in [0, 0.05) is 5.56 Å². The lowest BCUT2D eigenvalue weighted by Crippen LogP contribution is -2.14. The molecule has 0 N–H and O–H groups in total. The van der Waals surface area contributed by atoms with Crippen LogP contribution < -0.4 is 4.74 Å². The molecule has 0 bridgehead atoms. The summed E-state index contributed by atoms with van der Waals surface area (Å²) in [6.07, 6.45) is 1.59. The molecular formula is C17H19NO2. The smallest absolute Gasteiger partial charge is 0.182 e. The van der Waals surface area contributed by atoms with Crippen molar-refractivity contribution in [3.8, 4) is 5.75 Å².